The van der Waals surface area contributed by atoms with E-state index in [-0.39, 0.29) is 40.3 Å². The van der Waals surface area contributed by atoms with E-state index in [2.05, 4.69) is 30.2 Å². The first kappa shape index (κ1) is 22.4. The molecule has 0 aliphatic heterocycles. The topological polar surface area (TPSA) is 140 Å². The minimum Gasteiger partial charge on any atom is -0.383 e. The average Bonchev–Trinajstić information content (AvgIpc) is 3.59. The van der Waals surface area contributed by atoms with E-state index in [0.29, 0.717) is 21.4 Å². The van der Waals surface area contributed by atoms with Crippen molar-refractivity contribution in [2.45, 2.75) is 13.1 Å². The number of benzene rings is 1. The first-order chi connectivity index (χ1) is 17.8. The number of alkyl halides is 2. The number of hydrogen-bond donors (Lipinski definition) is 1. The van der Waals surface area contributed by atoms with Gasteiger partial charge in [0.05, 0.1) is 34.4 Å². The largest absolute Gasteiger partial charge is 0.383 e. The van der Waals surface area contributed by atoms with Gasteiger partial charge >= 0.3 is 6.55 Å². The van der Waals surface area contributed by atoms with E-state index in [4.69, 9.17) is 5.73 Å². The van der Waals surface area contributed by atoms with Crippen LogP contribution in [-0.4, -0.2) is 48.9 Å². The summed E-state index contributed by atoms with van der Waals surface area (Å²) in [4.78, 5) is 26.4. The molecular formula is C22H16F3N11O. The van der Waals surface area contributed by atoms with Crippen LogP contribution in [0.3, 0.4) is 0 Å². The maximum absolute atomic E-state index is 13.9. The van der Waals surface area contributed by atoms with E-state index >= 15 is 0 Å². The fourth-order valence-electron chi connectivity index (χ4n) is 4.14. The van der Waals surface area contributed by atoms with Gasteiger partial charge in [-0.25, -0.2) is 28.7 Å². The highest BCUT2D eigenvalue weighted by Crippen LogP contribution is 2.31. The van der Waals surface area contributed by atoms with Crippen LogP contribution in [0.15, 0.2) is 54.1 Å². The molecule has 0 aliphatic rings. The van der Waals surface area contributed by atoms with E-state index in [0.717, 1.165) is 12.3 Å². The molecule has 0 aliphatic carbocycles. The molecule has 0 atom stereocenters. The molecule has 0 fully saturated rings. The molecule has 0 saturated carbocycles. The van der Waals surface area contributed by atoms with Crippen LogP contribution in [0, 0.1) is 5.82 Å². The van der Waals surface area contributed by atoms with Gasteiger partial charge in [-0.1, -0.05) is 0 Å². The van der Waals surface area contributed by atoms with Crippen LogP contribution in [0.25, 0.3) is 38.9 Å². The Kier molecular flexibility index (Phi) is 4.99. The van der Waals surface area contributed by atoms with Crippen molar-refractivity contribution in [3.8, 4) is 16.9 Å². The quantitative estimate of drug-likeness (QED) is 0.375. The van der Waals surface area contributed by atoms with Crippen molar-refractivity contribution in [3.63, 3.8) is 0 Å². The highest BCUT2D eigenvalue weighted by atomic mass is 19.3. The van der Waals surface area contributed by atoms with Crippen molar-refractivity contribution in [1.82, 2.24) is 48.9 Å². The Labute approximate surface area is 204 Å². The van der Waals surface area contributed by atoms with Crippen molar-refractivity contribution in [1.29, 1.82) is 0 Å². The maximum Gasteiger partial charge on any atom is 0.333 e. The lowest BCUT2D eigenvalue weighted by Gasteiger charge is -2.12. The van der Waals surface area contributed by atoms with E-state index in [1.165, 1.54) is 44.8 Å². The third kappa shape index (κ3) is 3.67. The van der Waals surface area contributed by atoms with Gasteiger partial charge < -0.3 is 5.73 Å². The number of hydrogen-bond acceptors (Lipinski definition) is 8. The molecule has 1 aromatic carbocycles. The lowest BCUT2D eigenvalue weighted by Crippen LogP contribution is -2.25. The number of aryl methyl sites for hydroxylation is 1. The lowest BCUT2D eigenvalue weighted by molar-refractivity contribution is 0.0566. The number of anilines is 1. The van der Waals surface area contributed by atoms with E-state index in [1.807, 2.05) is 0 Å². The molecule has 0 bridgehead atoms. The van der Waals surface area contributed by atoms with Crippen molar-refractivity contribution in [3.05, 3.63) is 71.3 Å². The summed E-state index contributed by atoms with van der Waals surface area (Å²) in [5, 5.41) is 12.8. The fourth-order valence-corrected chi connectivity index (χ4v) is 4.14. The van der Waals surface area contributed by atoms with Gasteiger partial charge in [-0.05, 0) is 18.2 Å². The van der Waals surface area contributed by atoms with Gasteiger partial charge in [-0.3, -0.25) is 14.0 Å². The highest BCUT2D eigenvalue weighted by molar-refractivity contribution is 5.98. The van der Waals surface area contributed by atoms with Crippen LogP contribution in [0.4, 0.5) is 19.0 Å². The van der Waals surface area contributed by atoms with Crippen LogP contribution < -0.4 is 11.3 Å². The summed E-state index contributed by atoms with van der Waals surface area (Å²) in [5.74, 6) is -0.243. The van der Waals surface area contributed by atoms with Crippen LogP contribution in [0.5, 0.6) is 0 Å². The van der Waals surface area contributed by atoms with Gasteiger partial charge in [0.25, 0.3) is 5.56 Å². The minimum atomic E-state index is -2.84. The van der Waals surface area contributed by atoms with Crippen LogP contribution in [-0.2, 0) is 13.6 Å². The number of fused-ring (bicyclic) bond motifs is 2. The second kappa shape index (κ2) is 8.25. The summed E-state index contributed by atoms with van der Waals surface area (Å²) in [6.07, 6.45) is 6.70. The van der Waals surface area contributed by atoms with Crippen molar-refractivity contribution >= 4 is 27.8 Å². The molecule has 6 aromatic rings. The van der Waals surface area contributed by atoms with E-state index in [9.17, 15) is 18.0 Å². The molecule has 0 saturated heterocycles. The monoisotopic (exact) mass is 507 g/mol. The normalized spacial score (nSPS) is 11.8. The zero-order valence-corrected chi connectivity index (χ0v) is 19.0. The fraction of sp³-hybridized carbons (Fsp3) is 0.136. The summed E-state index contributed by atoms with van der Waals surface area (Å²) in [6, 6.07) is 3.74. The van der Waals surface area contributed by atoms with Gasteiger partial charge in [0, 0.05) is 25.0 Å². The molecule has 0 amide bonds. The zero-order chi connectivity index (χ0) is 25.8. The SMILES string of the molecule is Cn1cc(-n2c(Cn3nc(-c4cnn(C(F)F)c4)c4c(N)ncnc43)nc3ccc(F)cc3c2=O)cn1. The molecule has 37 heavy (non-hydrogen) atoms. The molecule has 15 heteroatoms. The molecule has 6 rings (SSSR count). The number of rotatable bonds is 5. The van der Waals surface area contributed by atoms with Gasteiger partial charge in [0.15, 0.2) is 5.65 Å². The number of nitrogen functional groups attached to an aromatic ring is 1. The lowest BCUT2D eigenvalue weighted by atomic mass is 10.2. The Morgan fingerprint density at radius 2 is 1.95 bits per heavy atom. The van der Waals surface area contributed by atoms with Crippen LogP contribution >= 0.6 is 0 Å². The van der Waals surface area contributed by atoms with Gasteiger partial charge in [-0.15, -0.1) is 0 Å². The Bertz CT molecular complexity index is 1870. The predicted octanol–water partition coefficient (Wildman–Crippen LogP) is 2.29. The Morgan fingerprint density at radius 3 is 2.68 bits per heavy atom. The first-order valence-corrected chi connectivity index (χ1v) is 10.8. The molecule has 0 unspecified atom stereocenters. The van der Waals surface area contributed by atoms with Gasteiger partial charge in [-0.2, -0.15) is 24.1 Å². The third-order valence-electron chi connectivity index (χ3n) is 5.77. The third-order valence-corrected chi connectivity index (χ3v) is 5.77. The van der Waals surface area contributed by atoms with Gasteiger partial charge in [0.1, 0.15) is 36.0 Å². The van der Waals surface area contributed by atoms with E-state index < -0.39 is 17.9 Å². The second-order valence-corrected chi connectivity index (χ2v) is 8.15. The average molecular weight is 507 g/mol. The summed E-state index contributed by atoms with van der Waals surface area (Å²) >= 11 is 0. The number of nitrogens with two attached hydrogens (primary N) is 1. The number of halogens is 3. The zero-order valence-electron chi connectivity index (χ0n) is 19.0. The van der Waals surface area contributed by atoms with E-state index in [1.54, 1.807) is 13.2 Å². The Hall–Kier alpha value is -5.08. The predicted molar refractivity (Wildman–Crippen MR) is 125 cm³/mol. The summed E-state index contributed by atoms with van der Waals surface area (Å²) in [7, 11) is 1.69. The molecule has 5 heterocycles. The number of aromatic nitrogens is 10. The summed E-state index contributed by atoms with van der Waals surface area (Å²) < 4.78 is 45.0. The highest BCUT2D eigenvalue weighted by Gasteiger charge is 2.22. The number of nitrogens with zero attached hydrogens (tertiary/aromatic N) is 10. The molecule has 0 radical (unpaired) electrons. The molecule has 5 aromatic heterocycles. The molecular weight excluding hydrogens is 491 g/mol. The molecule has 2 N–H and O–H groups in total. The molecule has 186 valence electrons. The van der Waals surface area contributed by atoms with Crippen LogP contribution in [0.1, 0.15) is 12.4 Å². The standard InChI is InChI=1S/C22H16F3N11O/c1-33-8-13(6-29-33)36-16(31-15-3-2-12(23)4-14(15)21(36)37)9-34-20-17(19(26)27-10-28-20)18(32-34)11-5-30-35(7-11)22(24)25/h2-8,10,22H,9H2,1H3,(H2,26,27,28). The van der Waals surface area contributed by atoms with Crippen molar-refractivity contribution < 1.29 is 13.2 Å². The van der Waals surface area contributed by atoms with Gasteiger partial charge in [0.2, 0.25) is 0 Å². The second-order valence-electron chi connectivity index (χ2n) is 8.15. The maximum atomic E-state index is 13.9. The van der Waals surface area contributed by atoms with Crippen LogP contribution in [0.2, 0.25) is 0 Å². The summed E-state index contributed by atoms with van der Waals surface area (Å²) in [6.45, 7) is -2.91. The summed E-state index contributed by atoms with van der Waals surface area (Å²) in [5.41, 5.74) is 7.09. The van der Waals surface area contributed by atoms with Crippen molar-refractivity contribution in [2.75, 3.05) is 5.73 Å². The van der Waals surface area contributed by atoms with Crippen molar-refractivity contribution in [2.24, 2.45) is 7.05 Å². The minimum absolute atomic E-state index is 0.0760. The smallest absolute Gasteiger partial charge is 0.333 e. The first-order valence-electron chi connectivity index (χ1n) is 10.8. The molecule has 12 nitrogen and oxygen atoms in total. The Morgan fingerprint density at radius 1 is 1.11 bits per heavy atom. The Balaban J connectivity index is 1.57. The molecule has 0 spiro atoms.